The van der Waals surface area contributed by atoms with Crippen molar-refractivity contribution in [2.24, 2.45) is 0 Å². The van der Waals surface area contributed by atoms with E-state index in [0.717, 1.165) is 37.6 Å². The van der Waals surface area contributed by atoms with Gasteiger partial charge in [-0.25, -0.2) is 4.98 Å². The number of ether oxygens (including phenoxy) is 2. The number of unbranched alkanes of at least 4 members (excludes halogenated alkanes) is 1. The SMILES string of the molecule is CCCCOCCOc1ccnc(NCC)c1. The molecule has 4 nitrogen and oxygen atoms in total. The Labute approximate surface area is 103 Å². The summed E-state index contributed by atoms with van der Waals surface area (Å²) in [7, 11) is 0. The molecular formula is C13H22N2O2. The number of nitrogens with one attached hydrogen (secondary N) is 1. The van der Waals surface area contributed by atoms with Crippen molar-refractivity contribution >= 4 is 5.82 Å². The van der Waals surface area contributed by atoms with Gasteiger partial charge in [0, 0.05) is 25.4 Å². The molecule has 4 heteroatoms. The van der Waals surface area contributed by atoms with Gasteiger partial charge in [-0.05, 0) is 19.4 Å². The molecule has 96 valence electrons. The zero-order valence-corrected chi connectivity index (χ0v) is 10.7. The normalized spacial score (nSPS) is 10.2. The maximum Gasteiger partial charge on any atom is 0.129 e. The van der Waals surface area contributed by atoms with E-state index in [4.69, 9.17) is 9.47 Å². The zero-order valence-electron chi connectivity index (χ0n) is 10.7. The van der Waals surface area contributed by atoms with Crippen LogP contribution >= 0.6 is 0 Å². The Hall–Kier alpha value is -1.29. The molecule has 0 spiro atoms. The van der Waals surface area contributed by atoms with Crippen LogP contribution in [0, 0.1) is 0 Å². The molecule has 1 aromatic heterocycles. The van der Waals surface area contributed by atoms with Gasteiger partial charge >= 0.3 is 0 Å². The molecule has 0 saturated heterocycles. The average Bonchev–Trinajstić information content (AvgIpc) is 2.35. The highest BCUT2D eigenvalue weighted by Gasteiger charge is 1.97. The van der Waals surface area contributed by atoms with Gasteiger partial charge < -0.3 is 14.8 Å². The maximum absolute atomic E-state index is 5.57. The molecule has 1 rings (SSSR count). The van der Waals surface area contributed by atoms with Gasteiger partial charge in [-0.3, -0.25) is 0 Å². The molecule has 0 fully saturated rings. The molecule has 0 aliphatic rings. The molecule has 0 aromatic carbocycles. The number of nitrogens with zero attached hydrogens (tertiary/aromatic N) is 1. The van der Waals surface area contributed by atoms with Gasteiger partial charge in [-0.1, -0.05) is 13.3 Å². The summed E-state index contributed by atoms with van der Waals surface area (Å²) in [6.07, 6.45) is 4.02. The van der Waals surface area contributed by atoms with Gasteiger partial charge in [-0.15, -0.1) is 0 Å². The number of aromatic nitrogens is 1. The second-order valence-corrected chi connectivity index (χ2v) is 3.72. The number of pyridine rings is 1. The predicted octanol–water partition coefficient (Wildman–Crippen LogP) is 2.71. The Balaban J connectivity index is 2.19. The summed E-state index contributed by atoms with van der Waals surface area (Å²) >= 11 is 0. The Kier molecular flexibility index (Phi) is 7.14. The van der Waals surface area contributed by atoms with Gasteiger partial charge in [0.1, 0.15) is 18.2 Å². The lowest BCUT2D eigenvalue weighted by Crippen LogP contribution is -2.08. The van der Waals surface area contributed by atoms with Crippen LogP contribution in [0.1, 0.15) is 26.7 Å². The van der Waals surface area contributed by atoms with Gasteiger partial charge in [0.05, 0.1) is 6.61 Å². The fourth-order valence-corrected chi connectivity index (χ4v) is 1.35. The number of hydrogen-bond donors (Lipinski definition) is 1. The Bertz CT molecular complexity index is 305. The smallest absolute Gasteiger partial charge is 0.129 e. The largest absolute Gasteiger partial charge is 0.491 e. The van der Waals surface area contributed by atoms with Crippen molar-refractivity contribution in [2.45, 2.75) is 26.7 Å². The summed E-state index contributed by atoms with van der Waals surface area (Å²) in [5.74, 6) is 1.67. The van der Waals surface area contributed by atoms with Crippen molar-refractivity contribution < 1.29 is 9.47 Å². The lowest BCUT2D eigenvalue weighted by Gasteiger charge is -2.08. The third-order valence-electron chi connectivity index (χ3n) is 2.23. The van der Waals surface area contributed by atoms with E-state index in [2.05, 4.69) is 17.2 Å². The fourth-order valence-electron chi connectivity index (χ4n) is 1.35. The summed E-state index contributed by atoms with van der Waals surface area (Å²) in [5.41, 5.74) is 0. The van der Waals surface area contributed by atoms with Crippen LogP contribution in [0.4, 0.5) is 5.82 Å². The van der Waals surface area contributed by atoms with Crippen molar-refractivity contribution in [1.82, 2.24) is 4.98 Å². The minimum Gasteiger partial charge on any atom is -0.491 e. The first kappa shape index (κ1) is 13.8. The van der Waals surface area contributed by atoms with Gasteiger partial charge in [0.25, 0.3) is 0 Å². The highest BCUT2D eigenvalue weighted by Crippen LogP contribution is 2.13. The summed E-state index contributed by atoms with van der Waals surface area (Å²) in [4.78, 5) is 4.18. The van der Waals surface area contributed by atoms with Crippen molar-refractivity contribution in [2.75, 3.05) is 31.7 Å². The van der Waals surface area contributed by atoms with Crippen LogP contribution in [0.3, 0.4) is 0 Å². The van der Waals surface area contributed by atoms with Gasteiger partial charge in [-0.2, -0.15) is 0 Å². The first-order valence-corrected chi connectivity index (χ1v) is 6.27. The Morgan fingerprint density at radius 1 is 1.24 bits per heavy atom. The van der Waals surface area contributed by atoms with Gasteiger partial charge in [0.15, 0.2) is 0 Å². The topological polar surface area (TPSA) is 43.4 Å². The summed E-state index contributed by atoms with van der Waals surface area (Å²) < 4.78 is 11.0. The molecular weight excluding hydrogens is 216 g/mol. The van der Waals surface area contributed by atoms with E-state index in [0.29, 0.717) is 13.2 Å². The molecule has 1 aromatic rings. The second-order valence-electron chi connectivity index (χ2n) is 3.72. The Morgan fingerprint density at radius 2 is 2.12 bits per heavy atom. The standard InChI is InChI=1S/C13H22N2O2/c1-3-5-8-16-9-10-17-12-6-7-15-13(11-12)14-4-2/h6-7,11H,3-5,8-10H2,1-2H3,(H,14,15). The Morgan fingerprint density at radius 3 is 2.88 bits per heavy atom. The second kappa shape index (κ2) is 8.82. The summed E-state index contributed by atoms with van der Waals surface area (Å²) in [6, 6.07) is 3.75. The van der Waals surface area contributed by atoms with Crippen LogP contribution in [0.2, 0.25) is 0 Å². The van der Waals surface area contributed by atoms with Crippen LogP contribution in [-0.4, -0.2) is 31.3 Å². The highest BCUT2D eigenvalue weighted by atomic mass is 16.5. The van der Waals surface area contributed by atoms with E-state index in [1.807, 2.05) is 19.1 Å². The van der Waals surface area contributed by atoms with Crippen molar-refractivity contribution in [3.8, 4) is 5.75 Å². The van der Waals surface area contributed by atoms with Crippen LogP contribution < -0.4 is 10.1 Å². The minimum atomic E-state index is 0.583. The van der Waals surface area contributed by atoms with E-state index in [1.54, 1.807) is 6.20 Å². The van der Waals surface area contributed by atoms with E-state index >= 15 is 0 Å². The maximum atomic E-state index is 5.57. The lowest BCUT2D eigenvalue weighted by molar-refractivity contribution is 0.0980. The van der Waals surface area contributed by atoms with Crippen LogP contribution in [0.25, 0.3) is 0 Å². The molecule has 0 bridgehead atoms. The molecule has 0 atom stereocenters. The average molecular weight is 238 g/mol. The van der Waals surface area contributed by atoms with Crippen LogP contribution in [-0.2, 0) is 4.74 Å². The molecule has 1 heterocycles. The number of anilines is 1. The third kappa shape index (κ3) is 6.12. The molecule has 0 radical (unpaired) electrons. The van der Waals surface area contributed by atoms with E-state index in [1.165, 1.54) is 0 Å². The van der Waals surface area contributed by atoms with Gasteiger partial charge in [0.2, 0.25) is 0 Å². The molecule has 0 unspecified atom stereocenters. The number of hydrogen-bond acceptors (Lipinski definition) is 4. The highest BCUT2D eigenvalue weighted by molar-refractivity contribution is 5.40. The molecule has 0 aliphatic carbocycles. The first-order valence-electron chi connectivity index (χ1n) is 6.27. The molecule has 0 amide bonds. The zero-order chi connectivity index (χ0) is 12.3. The quantitative estimate of drug-likeness (QED) is 0.672. The van der Waals surface area contributed by atoms with Crippen molar-refractivity contribution in [1.29, 1.82) is 0 Å². The van der Waals surface area contributed by atoms with Crippen LogP contribution in [0.5, 0.6) is 5.75 Å². The van der Waals surface area contributed by atoms with Crippen molar-refractivity contribution in [3.63, 3.8) is 0 Å². The molecule has 17 heavy (non-hydrogen) atoms. The summed E-state index contributed by atoms with van der Waals surface area (Å²) in [6.45, 7) is 7.09. The first-order chi connectivity index (χ1) is 8.36. The predicted molar refractivity (Wildman–Crippen MR) is 69.6 cm³/mol. The van der Waals surface area contributed by atoms with E-state index in [-0.39, 0.29) is 0 Å². The minimum absolute atomic E-state index is 0.583. The fraction of sp³-hybridized carbons (Fsp3) is 0.615. The lowest BCUT2D eigenvalue weighted by atomic mass is 10.4. The monoisotopic (exact) mass is 238 g/mol. The molecule has 1 N–H and O–H groups in total. The number of rotatable bonds is 9. The van der Waals surface area contributed by atoms with Crippen LogP contribution in [0.15, 0.2) is 18.3 Å². The third-order valence-corrected chi connectivity index (χ3v) is 2.23. The molecule has 0 saturated carbocycles. The van der Waals surface area contributed by atoms with Crippen molar-refractivity contribution in [3.05, 3.63) is 18.3 Å². The van der Waals surface area contributed by atoms with E-state index < -0.39 is 0 Å². The summed E-state index contributed by atoms with van der Waals surface area (Å²) in [5, 5.41) is 3.14. The molecule has 0 aliphatic heterocycles. The van der Waals surface area contributed by atoms with E-state index in [9.17, 15) is 0 Å².